The molecule has 4 N–H and O–H groups in total. The first-order valence-corrected chi connectivity index (χ1v) is 9.38. The highest BCUT2D eigenvalue weighted by Gasteiger charge is 2.35. The number of para-hydroxylation sites is 1. The van der Waals surface area contributed by atoms with Gasteiger partial charge >= 0.3 is 0 Å². The van der Waals surface area contributed by atoms with Gasteiger partial charge in [0.05, 0.1) is 5.52 Å². The molecule has 1 unspecified atom stereocenters. The van der Waals surface area contributed by atoms with Crippen LogP contribution in [0.2, 0.25) is 0 Å². The smallest absolute Gasteiger partial charge is 0.273 e. The van der Waals surface area contributed by atoms with Crippen molar-refractivity contribution < 1.29 is 9.59 Å². The molecule has 1 aliphatic rings. The number of rotatable bonds is 4. The number of nitrogens with one attached hydrogen (secondary N) is 2. The van der Waals surface area contributed by atoms with Crippen molar-refractivity contribution in [2.75, 3.05) is 13.1 Å². The van der Waals surface area contributed by atoms with Crippen molar-refractivity contribution in [3.63, 3.8) is 0 Å². The zero-order valence-corrected chi connectivity index (χ0v) is 15.6. The van der Waals surface area contributed by atoms with Crippen molar-refractivity contribution in [3.8, 4) is 0 Å². The first-order chi connectivity index (χ1) is 13.5. The molecule has 144 valence electrons. The molecule has 3 atom stereocenters. The van der Waals surface area contributed by atoms with Gasteiger partial charge in [-0.25, -0.2) is 0 Å². The van der Waals surface area contributed by atoms with E-state index in [2.05, 4.69) is 15.5 Å². The molecule has 0 radical (unpaired) electrons. The van der Waals surface area contributed by atoms with Gasteiger partial charge in [0.1, 0.15) is 6.04 Å². The van der Waals surface area contributed by atoms with E-state index in [0.717, 1.165) is 16.5 Å². The molecular formula is C21H23N5O2. The molecular weight excluding hydrogens is 354 g/mol. The van der Waals surface area contributed by atoms with Gasteiger partial charge in [-0.1, -0.05) is 48.5 Å². The second-order valence-electron chi connectivity index (χ2n) is 7.24. The number of nitrogens with two attached hydrogens (primary N) is 1. The summed E-state index contributed by atoms with van der Waals surface area (Å²) in [6, 6.07) is 16.6. The van der Waals surface area contributed by atoms with Crippen LogP contribution >= 0.6 is 0 Å². The normalized spacial score (nSPS) is 20.3. The SMILES string of the molecule is CC(NC(=O)c1n[nH]c2ccccc12)C(=O)N1C[C@@H](N)[C@H](c2ccccc2)C1. The molecule has 1 fully saturated rings. The Morgan fingerprint density at radius 1 is 1.14 bits per heavy atom. The number of hydrogen-bond acceptors (Lipinski definition) is 4. The molecule has 2 heterocycles. The van der Waals surface area contributed by atoms with Crippen LogP contribution in [0.5, 0.6) is 0 Å². The molecule has 2 amide bonds. The molecule has 1 aliphatic heterocycles. The van der Waals surface area contributed by atoms with E-state index in [1.807, 2.05) is 54.6 Å². The number of nitrogens with zero attached hydrogens (tertiary/aromatic N) is 2. The van der Waals surface area contributed by atoms with Gasteiger partial charge in [0.15, 0.2) is 5.69 Å². The summed E-state index contributed by atoms with van der Waals surface area (Å²) in [6.45, 7) is 2.72. The molecule has 28 heavy (non-hydrogen) atoms. The molecule has 3 aromatic rings. The van der Waals surface area contributed by atoms with Crippen molar-refractivity contribution in [1.29, 1.82) is 0 Å². The van der Waals surface area contributed by atoms with E-state index < -0.39 is 6.04 Å². The number of aromatic amines is 1. The predicted octanol–water partition coefficient (Wildman–Crippen LogP) is 1.63. The van der Waals surface area contributed by atoms with Crippen LogP contribution in [0.3, 0.4) is 0 Å². The average Bonchev–Trinajstić information content (AvgIpc) is 3.31. The van der Waals surface area contributed by atoms with E-state index in [0.29, 0.717) is 13.1 Å². The van der Waals surface area contributed by atoms with E-state index in [1.54, 1.807) is 11.8 Å². The minimum absolute atomic E-state index is 0.100. The zero-order chi connectivity index (χ0) is 19.7. The largest absolute Gasteiger partial charge is 0.339 e. The molecule has 0 aliphatic carbocycles. The van der Waals surface area contributed by atoms with Crippen LogP contribution in [0.4, 0.5) is 0 Å². The van der Waals surface area contributed by atoms with Crippen LogP contribution in [0.15, 0.2) is 54.6 Å². The Labute approximate surface area is 162 Å². The maximum Gasteiger partial charge on any atom is 0.273 e. The van der Waals surface area contributed by atoms with E-state index in [9.17, 15) is 9.59 Å². The van der Waals surface area contributed by atoms with Gasteiger partial charge in [-0.05, 0) is 18.6 Å². The Kier molecular flexibility index (Phi) is 4.83. The Morgan fingerprint density at radius 2 is 1.86 bits per heavy atom. The quantitative estimate of drug-likeness (QED) is 0.643. The maximum atomic E-state index is 12.9. The third-order valence-electron chi connectivity index (χ3n) is 5.31. The molecule has 0 spiro atoms. The molecule has 0 bridgehead atoms. The standard InChI is InChI=1S/C21H23N5O2/c1-13(23-20(27)19-15-9-5-6-10-18(15)24-25-19)21(28)26-11-16(17(22)12-26)14-7-3-2-4-8-14/h2-10,13,16-17H,11-12,22H2,1H3,(H,23,27)(H,24,25)/t13?,16-,17+/m0/s1. The van der Waals surface area contributed by atoms with Gasteiger partial charge in [-0.15, -0.1) is 0 Å². The fourth-order valence-electron chi connectivity index (χ4n) is 3.80. The maximum absolute atomic E-state index is 12.9. The molecule has 7 heteroatoms. The number of amides is 2. The summed E-state index contributed by atoms with van der Waals surface area (Å²) in [5.74, 6) is -0.410. The third kappa shape index (κ3) is 3.36. The highest BCUT2D eigenvalue weighted by Crippen LogP contribution is 2.26. The fourth-order valence-corrected chi connectivity index (χ4v) is 3.80. The van der Waals surface area contributed by atoms with Crippen molar-refractivity contribution in [2.24, 2.45) is 5.73 Å². The van der Waals surface area contributed by atoms with E-state index >= 15 is 0 Å². The van der Waals surface area contributed by atoms with E-state index in [1.165, 1.54) is 0 Å². The minimum Gasteiger partial charge on any atom is -0.339 e. The Balaban J connectivity index is 1.43. The number of likely N-dealkylation sites (tertiary alicyclic amines) is 1. The molecule has 2 aromatic carbocycles. The topological polar surface area (TPSA) is 104 Å². The van der Waals surface area contributed by atoms with Crippen LogP contribution in [0, 0.1) is 0 Å². The lowest BCUT2D eigenvalue weighted by molar-refractivity contribution is -0.131. The van der Waals surface area contributed by atoms with Gasteiger partial charge in [0.25, 0.3) is 5.91 Å². The summed E-state index contributed by atoms with van der Waals surface area (Å²) in [5.41, 5.74) is 8.48. The van der Waals surface area contributed by atoms with Crippen LogP contribution in [0.1, 0.15) is 28.9 Å². The first-order valence-electron chi connectivity index (χ1n) is 9.38. The van der Waals surface area contributed by atoms with E-state index in [-0.39, 0.29) is 29.5 Å². The van der Waals surface area contributed by atoms with Gasteiger partial charge in [0.2, 0.25) is 5.91 Å². The van der Waals surface area contributed by atoms with Crippen molar-refractivity contribution >= 4 is 22.7 Å². The summed E-state index contributed by atoms with van der Waals surface area (Å²) in [5, 5.41) is 10.4. The van der Waals surface area contributed by atoms with Crippen LogP contribution in [-0.2, 0) is 4.79 Å². The predicted molar refractivity (Wildman–Crippen MR) is 107 cm³/mol. The second kappa shape index (κ2) is 7.44. The Hall–Kier alpha value is -3.19. The van der Waals surface area contributed by atoms with Crippen LogP contribution in [-0.4, -0.2) is 52.1 Å². The lowest BCUT2D eigenvalue weighted by atomic mass is 9.95. The molecule has 4 rings (SSSR count). The highest BCUT2D eigenvalue weighted by molar-refractivity contribution is 6.05. The Bertz CT molecular complexity index is 1000. The Morgan fingerprint density at radius 3 is 2.64 bits per heavy atom. The summed E-state index contributed by atoms with van der Waals surface area (Å²) in [6.07, 6.45) is 0. The number of carbonyl (C=O) groups is 2. The summed E-state index contributed by atoms with van der Waals surface area (Å²) in [7, 11) is 0. The lowest BCUT2D eigenvalue weighted by Gasteiger charge is -2.21. The van der Waals surface area contributed by atoms with E-state index in [4.69, 9.17) is 5.73 Å². The lowest BCUT2D eigenvalue weighted by Crippen LogP contribution is -2.46. The van der Waals surface area contributed by atoms with Gasteiger partial charge in [-0.3, -0.25) is 14.7 Å². The average molecular weight is 377 g/mol. The van der Waals surface area contributed by atoms with Gasteiger partial charge < -0.3 is 16.0 Å². The number of carbonyl (C=O) groups excluding carboxylic acids is 2. The summed E-state index contributed by atoms with van der Waals surface area (Å²) in [4.78, 5) is 27.2. The summed E-state index contributed by atoms with van der Waals surface area (Å²) >= 11 is 0. The van der Waals surface area contributed by atoms with Gasteiger partial charge in [-0.2, -0.15) is 5.10 Å². The monoisotopic (exact) mass is 377 g/mol. The first kappa shape index (κ1) is 18.2. The fraction of sp³-hybridized carbons (Fsp3) is 0.286. The van der Waals surface area contributed by atoms with Crippen molar-refractivity contribution in [1.82, 2.24) is 20.4 Å². The molecule has 0 saturated carbocycles. The third-order valence-corrected chi connectivity index (χ3v) is 5.31. The minimum atomic E-state index is -0.662. The molecule has 1 aromatic heterocycles. The molecule has 1 saturated heterocycles. The number of fused-ring (bicyclic) bond motifs is 1. The number of aromatic nitrogens is 2. The van der Waals surface area contributed by atoms with Crippen LogP contribution in [0.25, 0.3) is 10.9 Å². The second-order valence-corrected chi connectivity index (χ2v) is 7.24. The molecule has 7 nitrogen and oxygen atoms in total. The number of benzene rings is 2. The van der Waals surface area contributed by atoms with Crippen molar-refractivity contribution in [3.05, 3.63) is 65.9 Å². The zero-order valence-electron chi connectivity index (χ0n) is 15.6. The highest BCUT2D eigenvalue weighted by atomic mass is 16.2. The van der Waals surface area contributed by atoms with Crippen molar-refractivity contribution in [2.45, 2.75) is 24.9 Å². The van der Waals surface area contributed by atoms with Gasteiger partial charge in [0, 0.05) is 30.4 Å². The van der Waals surface area contributed by atoms with Crippen LogP contribution < -0.4 is 11.1 Å². The summed E-state index contributed by atoms with van der Waals surface area (Å²) < 4.78 is 0. The number of hydrogen-bond donors (Lipinski definition) is 3. The number of H-pyrrole nitrogens is 1.